The maximum absolute atomic E-state index is 11.6. The van der Waals surface area contributed by atoms with Gasteiger partial charge < -0.3 is 4.90 Å². The molecule has 76 valence electrons. The lowest BCUT2D eigenvalue weighted by Crippen LogP contribution is -2.41. The van der Waals surface area contributed by atoms with E-state index in [1.807, 2.05) is 4.41 Å². The fraction of sp³-hybridized carbons (Fsp3) is 0.875. The third-order valence-electron chi connectivity index (χ3n) is 2.80. The molecule has 2 aliphatic rings. The SMILES string of the molecule is C=S(C)(=O)N1CC2CN(C)CC2N1. The molecule has 5 heteroatoms. The van der Waals surface area contributed by atoms with E-state index >= 15 is 0 Å². The van der Waals surface area contributed by atoms with E-state index in [2.05, 4.69) is 23.2 Å². The maximum atomic E-state index is 11.6. The lowest BCUT2D eigenvalue weighted by atomic mass is 10.1. The van der Waals surface area contributed by atoms with Crippen molar-refractivity contribution in [3.63, 3.8) is 0 Å². The molecule has 0 aliphatic carbocycles. The normalized spacial score (nSPS) is 40.5. The summed E-state index contributed by atoms with van der Waals surface area (Å²) in [4.78, 5) is 2.31. The number of likely N-dealkylation sites (N-methyl/N-ethyl adjacent to an activating group) is 1. The fourth-order valence-electron chi connectivity index (χ4n) is 2.14. The molecule has 0 aromatic heterocycles. The summed E-state index contributed by atoms with van der Waals surface area (Å²) in [6, 6.07) is 0.479. The smallest absolute Gasteiger partial charge is 0.0405 e. The Morgan fingerprint density at radius 2 is 2.15 bits per heavy atom. The Hall–Kier alpha value is -0.100. The van der Waals surface area contributed by atoms with Crippen molar-refractivity contribution in [2.75, 3.05) is 32.9 Å². The van der Waals surface area contributed by atoms with Gasteiger partial charge in [0.25, 0.3) is 0 Å². The molecule has 0 bridgehead atoms. The second-order valence-corrected chi connectivity index (χ2v) is 6.60. The van der Waals surface area contributed by atoms with Crippen molar-refractivity contribution in [2.45, 2.75) is 6.04 Å². The summed E-state index contributed by atoms with van der Waals surface area (Å²) < 4.78 is 13.5. The molecule has 0 saturated carbocycles. The van der Waals surface area contributed by atoms with Gasteiger partial charge in [0.1, 0.15) is 0 Å². The molecule has 0 spiro atoms. The van der Waals surface area contributed by atoms with E-state index in [9.17, 15) is 4.21 Å². The van der Waals surface area contributed by atoms with E-state index in [-0.39, 0.29) is 0 Å². The number of nitrogens with one attached hydrogen (secondary N) is 1. The molecule has 0 radical (unpaired) electrons. The Balaban J connectivity index is 2.06. The van der Waals surface area contributed by atoms with Crippen LogP contribution in [0.5, 0.6) is 0 Å². The van der Waals surface area contributed by atoms with Crippen LogP contribution in [0.15, 0.2) is 0 Å². The van der Waals surface area contributed by atoms with Gasteiger partial charge in [-0.2, -0.15) is 4.41 Å². The first-order valence-corrected chi connectivity index (χ1v) is 6.60. The van der Waals surface area contributed by atoms with Crippen molar-refractivity contribution in [3.8, 4) is 0 Å². The summed E-state index contributed by atoms with van der Waals surface area (Å²) in [5.74, 6) is 4.29. The van der Waals surface area contributed by atoms with Crippen LogP contribution >= 0.6 is 0 Å². The van der Waals surface area contributed by atoms with Gasteiger partial charge >= 0.3 is 0 Å². The van der Waals surface area contributed by atoms with E-state index in [0.717, 1.165) is 19.6 Å². The number of rotatable bonds is 1. The van der Waals surface area contributed by atoms with Crippen LogP contribution in [0.25, 0.3) is 0 Å². The highest BCUT2D eigenvalue weighted by Gasteiger charge is 2.39. The van der Waals surface area contributed by atoms with Crippen molar-refractivity contribution in [1.29, 1.82) is 0 Å². The summed E-state index contributed by atoms with van der Waals surface area (Å²) >= 11 is 0. The molecule has 13 heavy (non-hydrogen) atoms. The summed E-state index contributed by atoms with van der Waals surface area (Å²) in [5, 5.41) is 0. The monoisotopic (exact) mass is 203 g/mol. The molecule has 2 saturated heterocycles. The Kier molecular flexibility index (Phi) is 2.14. The first kappa shape index (κ1) is 9.45. The van der Waals surface area contributed by atoms with Gasteiger partial charge in [-0.1, -0.05) is 0 Å². The number of fused-ring (bicyclic) bond motifs is 1. The summed E-state index contributed by atoms with van der Waals surface area (Å²) in [5.41, 5.74) is 3.28. The Morgan fingerprint density at radius 3 is 2.69 bits per heavy atom. The minimum Gasteiger partial charge on any atom is -0.304 e. The van der Waals surface area contributed by atoms with E-state index in [1.165, 1.54) is 0 Å². The molecule has 0 aromatic rings. The Morgan fingerprint density at radius 1 is 1.46 bits per heavy atom. The molecule has 2 heterocycles. The highest BCUT2D eigenvalue weighted by molar-refractivity contribution is 7.97. The lowest BCUT2D eigenvalue weighted by molar-refractivity contribution is 0.321. The van der Waals surface area contributed by atoms with Gasteiger partial charge in [0.2, 0.25) is 0 Å². The molecule has 2 rings (SSSR count). The number of nitrogens with zero attached hydrogens (tertiary/aromatic N) is 2. The molecule has 3 unspecified atom stereocenters. The molecule has 2 aliphatic heterocycles. The predicted octanol–water partition coefficient (Wildman–Crippen LogP) is -1.00. The average Bonchev–Trinajstić information content (AvgIpc) is 2.40. The van der Waals surface area contributed by atoms with Crippen LogP contribution in [0.1, 0.15) is 0 Å². The maximum Gasteiger partial charge on any atom is 0.0405 e. The number of hydrogen-bond donors (Lipinski definition) is 1. The molecule has 2 fully saturated rings. The van der Waals surface area contributed by atoms with Crippen LogP contribution < -0.4 is 5.43 Å². The Labute approximate surface area is 80.0 Å². The fourth-order valence-corrected chi connectivity index (χ4v) is 3.00. The van der Waals surface area contributed by atoms with E-state index in [1.54, 1.807) is 6.26 Å². The quantitative estimate of drug-likeness (QED) is 0.555. The van der Waals surface area contributed by atoms with Crippen LogP contribution in [0, 0.1) is 5.92 Å². The van der Waals surface area contributed by atoms with Crippen LogP contribution in [-0.4, -0.2) is 58.4 Å². The molecule has 3 atom stereocenters. The van der Waals surface area contributed by atoms with Gasteiger partial charge in [0, 0.05) is 47.6 Å². The molecule has 0 amide bonds. The van der Waals surface area contributed by atoms with Crippen molar-refractivity contribution < 1.29 is 4.21 Å². The van der Waals surface area contributed by atoms with E-state index in [4.69, 9.17) is 0 Å². The van der Waals surface area contributed by atoms with Gasteiger partial charge in [-0.15, -0.1) is 0 Å². The second kappa shape index (κ2) is 2.95. The number of hydrazine groups is 1. The van der Waals surface area contributed by atoms with Crippen LogP contribution in [0.3, 0.4) is 0 Å². The summed E-state index contributed by atoms with van der Waals surface area (Å²) in [6.07, 6.45) is 1.69. The minimum absolute atomic E-state index is 0.479. The van der Waals surface area contributed by atoms with Crippen LogP contribution in [0.4, 0.5) is 0 Å². The topological polar surface area (TPSA) is 35.6 Å². The van der Waals surface area contributed by atoms with E-state index < -0.39 is 9.71 Å². The number of likely N-dealkylation sites (tertiary alicyclic amines) is 1. The number of hydrogen-bond acceptors (Lipinski definition) is 3. The van der Waals surface area contributed by atoms with Gasteiger partial charge in [-0.3, -0.25) is 4.21 Å². The van der Waals surface area contributed by atoms with Crippen molar-refractivity contribution in [3.05, 3.63) is 0 Å². The standard InChI is InChI=1S/C8H17N3OS/c1-10-4-7-5-11(13(2,3)12)9-8(7)6-10/h7-9H,2,4-6H2,1,3H3. The summed E-state index contributed by atoms with van der Waals surface area (Å²) in [6.45, 7) is 3.02. The molecule has 4 nitrogen and oxygen atoms in total. The zero-order valence-electron chi connectivity index (χ0n) is 8.19. The van der Waals surface area contributed by atoms with Gasteiger partial charge in [-0.25, -0.2) is 5.43 Å². The lowest BCUT2D eigenvalue weighted by Gasteiger charge is -2.20. The van der Waals surface area contributed by atoms with Crippen molar-refractivity contribution in [1.82, 2.24) is 14.7 Å². The van der Waals surface area contributed by atoms with Gasteiger partial charge in [0.15, 0.2) is 0 Å². The van der Waals surface area contributed by atoms with Gasteiger partial charge in [-0.05, 0) is 12.9 Å². The molecule has 0 aromatic carbocycles. The largest absolute Gasteiger partial charge is 0.304 e. The molecule has 1 N–H and O–H groups in total. The van der Waals surface area contributed by atoms with Crippen LogP contribution in [0.2, 0.25) is 0 Å². The van der Waals surface area contributed by atoms with Crippen LogP contribution in [-0.2, 0) is 9.71 Å². The predicted molar refractivity (Wildman–Crippen MR) is 55.8 cm³/mol. The van der Waals surface area contributed by atoms with Gasteiger partial charge in [0.05, 0.1) is 0 Å². The summed E-state index contributed by atoms with van der Waals surface area (Å²) in [7, 11) is 0.0644. The minimum atomic E-state index is -2.06. The van der Waals surface area contributed by atoms with Crippen molar-refractivity contribution in [2.24, 2.45) is 5.92 Å². The molecular weight excluding hydrogens is 186 g/mol. The second-order valence-electron chi connectivity index (χ2n) is 4.24. The first-order chi connectivity index (χ1) is 5.97. The highest BCUT2D eigenvalue weighted by Crippen LogP contribution is 2.23. The highest BCUT2D eigenvalue weighted by atomic mass is 32.2. The third kappa shape index (κ3) is 1.74. The average molecular weight is 203 g/mol. The Bertz CT molecular complexity index is 287. The zero-order chi connectivity index (χ0) is 9.64. The third-order valence-corrected chi connectivity index (χ3v) is 3.99. The zero-order valence-corrected chi connectivity index (χ0v) is 9.01. The van der Waals surface area contributed by atoms with E-state index in [0.29, 0.717) is 12.0 Å². The molecular formula is C8H17N3OS. The van der Waals surface area contributed by atoms with Crippen molar-refractivity contribution >= 4 is 15.6 Å². The first-order valence-electron chi connectivity index (χ1n) is 4.51.